The van der Waals surface area contributed by atoms with Crippen LogP contribution in [0, 0.1) is 0 Å². The summed E-state index contributed by atoms with van der Waals surface area (Å²) in [6, 6.07) is 18.8. The number of hydroxylamine groups is 1. The summed E-state index contributed by atoms with van der Waals surface area (Å²) in [5.41, 5.74) is 6.93. The number of hydrogen-bond acceptors (Lipinski definition) is 5. The first kappa shape index (κ1) is 20.1. The summed E-state index contributed by atoms with van der Waals surface area (Å²) in [7, 11) is 0. The van der Waals surface area contributed by atoms with Crippen molar-refractivity contribution in [3.8, 4) is 0 Å². The third-order valence-electron chi connectivity index (χ3n) is 4.51. The van der Waals surface area contributed by atoms with Crippen molar-refractivity contribution in [3.63, 3.8) is 0 Å². The first-order chi connectivity index (χ1) is 15.2. The summed E-state index contributed by atoms with van der Waals surface area (Å²) >= 11 is 0. The molecule has 0 aliphatic heterocycles. The summed E-state index contributed by atoms with van der Waals surface area (Å²) in [6.45, 7) is 3.78. The zero-order chi connectivity index (χ0) is 21.5. The van der Waals surface area contributed by atoms with Gasteiger partial charge >= 0.3 is 0 Å². The van der Waals surface area contributed by atoms with E-state index in [9.17, 15) is 4.79 Å². The summed E-state index contributed by atoms with van der Waals surface area (Å²) < 4.78 is 0. The molecule has 0 saturated carbocycles. The molecule has 0 spiro atoms. The number of aromatic nitrogens is 3. The number of nitrogens with one attached hydrogen (secondary N) is 3. The Morgan fingerprint density at radius 1 is 1.10 bits per heavy atom. The van der Waals surface area contributed by atoms with Gasteiger partial charge in [-0.25, -0.2) is 5.48 Å². The highest BCUT2D eigenvalue weighted by Gasteiger charge is 2.12. The average Bonchev–Trinajstić information content (AvgIpc) is 3.21. The van der Waals surface area contributed by atoms with Crippen molar-refractivity contribution in [2.45, 2.75) is 0 Å². The number of anilines is 2. The number of carbonyl (C=O) groups excluding carboxylic acids is 1. The lowest BCUT2D eigenvalue weighted by Gasteiger charge is -2.12. The van der Waals surface area contributed by atoms with Crippen LogP contribution < -0.4 is 10.8 Å². The van der Waals surface area contributed by atoms with Crippen molar-refractivity contribution in [3.05, 3.63) is 96.5 Å². The van der Waals surface area contributed by atoms with Gasteiger partial charge in [0.05, 0.1) is 34.8 Å². The second kappa shape index (κ2) is 9.51. The lowest BCUT2D eigenvalue weighted by molar-refractivity contribution is 0.0422. The van der Waals surface area contributed by atoms with E-state index in [-0.39, 0.29) is 12.5 Å². The number of nitrogens with zero attached hydrogens (tertiary/aromatic N) is 2. The number of H-pyrrole nitrogens is 1. The van der Waals surface area contributed by atoms with Gasteiger partial charge in [0.1, 0.15) is 0 Å². The van der Waals surface area contributed by atoms with Crippen LogP contribution in [0.4, 0.5) is 11.4 Å². The molecule has 7 heteroatoms. The Bertz CT molecular complexity index is 1230. The van der Waals surface area contributed by atoms with Gasteiger partial charge in [0.25, 0.3) is 5.91 Å². The SMILES string of the molecule is C=CCONC(=O)c1ccccc1Nc1ccc2c(/C=C/c3ccccn3)n[nH]c2c1. The van der Waals surface area contributed by atoms with Gasteiger partial charge in [-0.2, -0.15) is 5.10 Å². The van der Waals surface area contributed by atoms with Gasteiger partial charge in [0, 0.05) is 17.3 Å². The fourth-order valence-electron chi connectivity index (χ4n) is 3.05. The van der Waals surface area contributed by atoms with Crippen LogP contribution in [-0.4, -0.2) is 27.7 Å². The largest absolute Gasteiger partial charge is 0.355 e. The third-order valence-corrected chi connectivity index (χ3v) is 4.51. The molecule has 0 unspecified atom stereocenters. The van der Waals surface area contributed by atoms with Crippen LogP contribution in [0.25, 0.3) is 23.1 Å². The van der Waals surface area contributed by atoms with E-state index in [0.717, 1.165) is 28.0 Å². The van der Waals surface area contributed by atoms with Crippen LogP contribution in [0.3, 0.4) is 0 Å². The monoisotopic (exact) mass is 411 g/mol. The molecule has 4 rings (SSSR count). The van der Waals surface area contributed by atoms with Crippen molar-refractivity contribution in [1.82, 2.24) is 20.7 Å². The quantitative estimate of drug-likeness (QED) is 0.222. The van der Waals surface area contributed by atoms with E-state index in [1.165, 1.54) is 0 Å². The number of amides is 1. The Morgan fingerprint density at radius 2 is 1.97 bits per heavy atom. The van der Waals surface area contributed by atoms with Crippen molar-refractivity contribution in [2.24, 2.45) is 0 Å². The summed E-state index contributed by atoms with van der Waals surface area (Å²) in [4.78, 5) is 21.7. The Morgan fingerprint density at radius 3 is 2.81 bits per heavy atom. The van der Waals surface area contributed by atoms with Crippen LogP contribution in [0.5, 0.6) is 0 Å². The molecule has 31 heavy (non-hydrogen) atoms. The van der Waals surface area contributed by atoms with Crippen LogP contribution >= 0.6 is 0 Å². The number of pyridine rings is 1. The van der Waals surface area contributed by atoms with Gasteiger partial charge in [0.2, 0.25) is 0 Å². The van der Waals surface area contributed by atoms with E-state index in [0.29, 0.717) is 11.3 Å². The lowest BCUT2D eigenvalue weighted by atomic mass is 10.1. The van der Waals surface area contributed by atoms with Crippen molar-refractivity contribution in [1.29, 1.82) is 0 Å². The highest BCUT2D eigenvalue weighted by molar-refractivity contribution is 6.00. The van der Waals surface area contributed by atoms with Gasteiger partial charge in [-0.3, -0.25) is 19.7 Å². The van der Waals surface area contributed by atoms with Gasteiger partial charge in [0.15, 0.2) is 0 Å². The van der Waals surface area contributed by atoms with Gasteiger partial charge in [-0.15, -0.1) is 6.58 Å². The molecule has 2 aromatic carbocycles. The second-order valence-electron chi connectivity index (χ2n) is 6.66. The van der Waals surface area contributed by atoms with Crippen LogP contribution in [-0.2, 0) is 4.84 Å². The Balaban J connectivity index is 1.53. The zero-order valence-corrected chi connectivity index (χ0v) is 16.7. The zero-order valence-electron chi connectivity index (χ0n) is 16.7. The van der Waals surface area contributed by atoms with Gasteiger partial charge in [-0.1, -0.05) is 24.3 Å². The molecule has 0 fully saturated rings. The molecular weight excluding hydrogens is 390 g/mol. The van der Waals surface area contributed by atoms with E-state index < -0.39 is 0 Å². The highest BCUT2D eigenvalue weighted by atomic mass is 16.6. The maximum absolute atomic E-state index is 12.4. The summed E-state index contributed by atoms with van der Waals surface area (Å²) in [5.74, 6) is -0.338. The number of hydrogen-bond donors (Lipinski definition) is 3. The van der Waals surface area contributed by atoms with E-state index in [2.05, 4.69) is 32.6 Å². The maximum atomic E-state index is 12.4. The standard InChI is InChI=1S/C24H21N5O2/c1-2-15-31-29-24(30)20-8-3-4-9-21(20)26-18-10-12-19-22(27-28-23(19)16-18)13-11-17-7-5-6-14-25-17/h2-14,16,26H,1,15H2,(H,27,28)(H,29,30)/b13-11+. The van der Waals surface area contributed by atoms with Gasteiger partial charge < -0.3 is 5.32 Å². The first-order valence-corrected chi connectivity index (χ1v) is 9.71. The molecule has 0 radical (unpaired) electrons. The van der Waals surface area contributed by atoms with Crippen LogP contribution in [0.15, 0.2) is 79.5 Å². The maximum Gasteiger partial charge on any atom is 0.276 e. The molecule has 0 aliphatic carbocycles. The Hall–Kier alpha value is -4.23. The Labute approximate surface area is 179 Å². The Kier molecular flexibility index (Phi) is 6.16. The molecule has 4 aromatic rings. The number of para-hydroxylation sites is 1. The molecule has 0 aliphatic rings. The van der Waals surface area contributed by atoms with E-state index in [1.54, 1.807) is 24.4 Å². The lowest BCUT2D eigenvalue weighted by Crippen LogP contribution is -2.24. The summed E-state index contributed by atoms with van der Waals surface area (Å²) in [6.07, 6.45) is 7.16. The molecule has 154 valence electrons. The van der Waals surface area contributed by atoms with Crippen molar-refractivity contribution >= 4 is 40.3 Å². The van der Waals surface area contributed by atoms with E-state index in [1.807, 2.05) is 60.7 Å². The van der Waals surface area contributed by atoms with E-state index >= 15 is 0 Å². The summed E-state index contributed by atoms with van der Waals surface area (Å²) in [5, 5.41) is 11.7. The minimum absolute atomic E-state index is 0.231. The number of fused-ring (bicyclic) bond motifs is 1. The highest BCUT2D eigenvalue weighted by Crippen LogP contribution is 2.26. The normalized spacial score (nSPS) is 11.0. The number of rotatable bonds is 8. The fraction of sp³-hybridized carbons (Fsp3) is 0.0417. The minimum atomic E-state index is -0.338. The molecule has 0 bridgehead atoms. The predicted molar refractivity (Wildman–Crippen MR) is 123 cm³/mol. The fourth-order valence-corrected chi connectivity index (χ4v) is 3.05. The smallest absolute Gasteiger partial charge is 0.276 e. The molecule has 7 nitrogen and oxygen atoms in total. The number of benzene rings is 2. The number of aromatic amines is 1. The molecule has 0 saturated heterocycles. The predicted octanol–water partition coefficient (Wildman–Crippen LogP) is 4.72. The number of carbonyl (C=O) groups is 1. The van der Waals surface area contributed by atoms with Crippen LogP contribution in [0.2, 0.25) is 0 Å². The molecular formula is C24H21N5O2. The third kappa shape index (κ3) is 4.85. The topological polar surface area (TPSA) is 91.9 Å². The second-order valence-corrected chi connectivity index (χ2v) is 6.66. The van der Waals surface area contributed by atoms with E-state index in [4.69, 9.17) is 4.84 Å². The first-order valence-electron chi connectivity index (χ1n) is 9.71. The van der Waals surface area contributed by atoms with Gasteiger partial charge in [-0.05, 0) is 54.6 Å². The molecule has 2 heterocycles. The van der Waals surface area contributed by atoms with Crippen molar-refractivity contribution < 1.29 is 9.63 Å². The van der Waals surface area contributed by atoms with Crippen molar-refractivity contribution in [2.75, 3.05) is 11.9 Å². The minimum Gasteiger partial charge on any atom is -0.355 e. The molecule has 1 amide bonds. The average molecular weight is 411 g/mol. The van der Waals surface area contributed by atoms with Crippen LogP contribution in [0.1, 0.15) is 21.7 Å². The molecule has 2 aromatic heterocycles. The molecule has 0 atom stereocenters. The molecule has 3 N–H and O–H groups in total.